The molecule has 0 saturated carbocycles. The Labute approximate surface area is 316 Å². The van der Waals surface area contributed by atoms with Gasteiger partial charge in [0.15, 0.2) is 0 Å². The molecule has 2 amide bonds. The maximum atomic E-state index is 13.1. The molecule has 1 fully saturated rings. The molecule has 43 heavy (non-hydrogen) atoms. The number of piperidine rings is 1. The number of benzene rings is 2. The van der Waals surface area contributed by atoms with Crippen LogP contribution in [0.25, 0.3) is 0 Å². The van der Waals surface area contributed by atoms with E-state index in [4.69, 9.17) is 16.1 Å². The number of aryl methyl sites for hydroxylation is 1. The number of urea groups is 1. The third-order valence-corrected chi connectivity index (χ3v) is 6.68. The molecule has 1 heterocycles. The number of carbonyl (C=O) groups excluding carboxylic acids is 1. The Hall–Kier alpha value is -1.54. The Bertz CT molecular complexity index is 1180. The molecule has 7 nitrogen and oxygen atoms in total. The maximum Gasteiger partial charge on any atom is 1.00 e. The van der Waals surface area contributed by atoms with Crippen molar-refractivity contribution < 1.29 is 82.5 Å². The predicted octanol–water partition coefficient (Wildman–Crippen LogP) is 4.70. The van der Waals surface area contributed by atoms with E-state index in [9.17, 15) is 13.6 Å². The van der Waals surface area contributed by atoms with Crippen LogP contribution in [-0.4, -0.2) is 48.7 Å². The van der Waals surface area contributed by atoms with E-state index in [2.05, 4.69) is 24.5 Å². The molecule has 10 heteroatoms. The quantitative estimate of drug-likeness (QED) is 0.172. The molecule has 0 aliphatic carbocycles. The van der Waals surface area contributed by atoms with Crippen molar-refractivity contribution in [3.63, 3.8) is 0 Å². The van der Waals surface area contributed by atoms with Gasteiger partial charge in [0.1, 0.15) is 5.84 Å². The van der Waals surface area contributed by atoms with Gasteiger partial charge >= 0.3 is 74.9 Å². The zero-order chi connectivity index (χ0) is 31.7. The van der Waals surface area contributed by atoms with Crippen LogP contribution in [0.5, 0.6) is 0 Å². The zero-order valence-corrected chi connectivity index (χ0v) is 33.6. The van der Waals surface area contributed by atoms with Crippen LogP contribution in [-0.2, 0) is 0 Å². The average Bonchev–Trinajstić information content (AvgIpc) is 3.01. The second kappa shape index (κ2) is 22.9. The molecule has 2 aromatic rings. The molecule has 1 aliphatic rings. The van der Waals surface area contributed by atoms with Crippen molar-refractivity contribution in [2.45, 2.75) is 73.6 Å². The maximum absolute atomic E-state index is 13.1. The summed E-state index contributed by atoms with van der Waals surface area (Å²) in [6.07, 6.45) is -0.787. The summed E-state index contributed by atoms with van der Waals surface area (Å²) in [4.78, 5) is 18.9. The Morgan fingerprint density at radius 1 is 1.16 bits per heavy atom. The molecule has 1 unspecified atom stereocenters. The van der Waals surface area contributed by atoms with Crippen LogP contribution in [0.4, 0.5) is 19.3 Å². The number of nitrogens with zero attached hydrogens (tertiary/aromatic N) is 2. The van der Waals surface area contributed by atoms with Gasteiger partial charge in [-0.2, -0.15) is 0 Å². The summed E-state index contributed by atoms with van der Waals surface area (Å²) in [5, 5.41) is 14.6. The number of hydrogen-bond acceptors (Lipinski definition) is 5. The van der Waals surface area contributed by atoms with Crippen LogP contribution >= 0.6 is 0 Å². The van der Waals surface area contributed by atoms with Crippen molar-refractivity contribution in [2.24, 2.45) is 10.7 Å². The normalized spacial score (nSPS) is 15.2. The molecule has 0 radical (unpaired) electrons. The standard InChI is InChI=1S/C29H37F2N6O.2C2H6.Cs/c1-4-20(3)21-8-10-22(11-9-21)28(33)37(15-13-27(30)31)29(38)35-17-25(32)24-12-14-34-18-26(24)36-23-7-5-6-19(2)16-23;2*1-2;/h5-11,16,20,33-34H,4,12-15,17-18,32H2,1-3H3,(H,35,38);2*1-2H3;/q-1;;;+1/b25-24-,33-28?,36-26?;;;. The van der Waals surface area contributed by atoms with Gasteiger partial charge in [-0.1, -0.05) is 77.9 Å². The van der Waals surface area contributed by atoms with E-state index in [0.29, 0.717) is 30.1 Å². The molecule has 0 bridgehead atoms. The average molecular weight is 717 g/mol. The Kier molecular flexibility index (Phi) is 22.1. The molecule has 1 aliphatic heterocycles. The van der Waals surface area contributed by atoms with E-state index in [1.807, 2.05) is 71.0 Å². The van der Waals surface area contributed by atoms with Crippen LogP contribution in [0.15, 0.2) is 64.8 Å². The first-order valence-electron chi connectivity index (χ1n) is 14.9. The summed E-state index contributed by atoms with van der Waals surface area (Å²) in [6.45, 7) is 15.2. The van der Waals surface area contributed by atoms with Gasteiger partial charge in [-0.15, -0.1) is 6.42 Å². The van der Waals surface area contributed by atoms with Gasteiger partial charge in [0, 0.05) is 30.8 Å². The molecule has 232 valence electrons. The number of nitrogens with two attached hydrogens (primary N) is 1. The first-order valence-corrected chi connectivity index (χ1v) is 14.9. The molecular weight excluding hydrogens is 667 g/mol. The minimum Gasteiger partial charge on any atom is -0.421 e. The van der Waals surface area contributed by atoms with E-state index in [-0.39, 0.29) is 87.8 Å². The van der Waals surface area contributed by atoms with Crippen molar-refractivity contribution in [3.05, 3.63) is 82.9 Å². The van der Waals surface area contributed by atoms with Gasteiger partial charge < -0.3 is 25.1 Å². The molecule has 1 atom stereocenters. The van der Waals surface area contributed by atoms with Crippen molar-refractivity contribution in [3.8, 4) is 0 Å². The topological polar surface area (TPSA) is 107 Å². The number of amides is 2. The minimum absolute atomic E-state index is 0. The molecule has 2 aromatic carbocycles. The largest absolute Gasteiger partial charge is 1.00 e. The molecule has 5 N–H and O–H groups in total. The first-order chi connectivity index (χ1) is 20.2. The summed E-state index contributed by atoms with van der Waals surface area (Å²) in [7, 11) is 0. The summed E-state index contributed by atoms with van der Waals surface area (Å²) < 4.78 is 25.9. The van der Waals surface area contributed by atoms with Crippen LogP contribution in [0.1, 0.15) is 83.4 Å². The van der Waals surface area contributed by atoms with Crippen molar-refractivity contribution in [2.75, 3.05) is 26.2 Å². The van der Waals surface area contributed by atoms with E-state index < -0.39 is 18.9 Å². The number of rotatable bonds is 9. The number of amidine groups is 1. The second-order valence-electron chi connectivity index (χ2n) is 9.51. The monoisotopic (exact) mass is 716 g/mol. The van der Waals surface area contributed by atoms with Gasteiger partial charge in [0.25, 0.3) is 0 Å². The van der Waals surface area contributed by atoms with Gasteiger partial charge in [0.2, 0.25) is 0 Å². The van der Waals surface area contributed by atoms with E-state index >= 15 is 0 Å². The summed E-state index contributed by atoms with van der Waals surface area (Å²) in [5.74, 6) is 0.215. The smallest absolute Gasteiger partial charge is 0.421 e. The number of carbonyl (C=O) groups is 1. The van der Waals surface area contributed by atoms with Crippen LogP contribution < -0.4 is 85.3 Å². The van der Waals surface area contributed by atoms with Gasteiger partial charge in [-0.25, -0.2) is 4.79 Å². The fraction of sp³-hybridized carbons (Fsp3) is 0.455. The summed E-state index contributed by atoms with van der Waals surface area (Å²) >= 11 is 0. The van der Waals surface area contributed by atoms with E-state index in [1.54, 1.807) is 12.1 Å². The zero-order valence-electron chi connectivity index (χ0n) is 27.3. The van der Waals surface area contributed by atoms with Crippen molar-refractivity contribution in [1.82, 2.24) is 15.5 Å². The number of aliphatic imine (C=N–C) groups is 1. The first kappa shape index (κ1) is 41.5. The van der Waals surface area contributed by atoms with Crippen molar-refractivity contribution >= 4 is 23.3 Å². The number of halogens is 2. The summed E-state index contributed by atoms with van der Waals surface area (Å²) in [5.41, 5.74) is 12.0. The minimum atomic E-state index is -1.80. The van der Waals surface area contributed by atoms with Crippen LogP contribution in [0.3, 0.4) is 0 Å². The third kappa shape index (κ3) is 14.0. The Morgan fingerprint density at radius 3 is 2.40 bits per heavy atom. The predicted molar refractivity (Wildman–Crippen MR) is 172 cm³/mol. The molecule has 0 spiro atoms. The number of hydrogen-bond donors (Lipinski definition) is 4. The molecular formula is C33H49CsF2N6O. The molecule has 3 rings (SSSR count). The molecule has 1 saturated heterocycles. The van der Waals surface area contributed by atoms with E-state index in [1.165, 1.54) is 0 Å². The van der Waals surface area contributed by atoms with Crippen LogP contribution in [0.2, 0.25) is 0 Å². The Balaban J connectivity index is 0.00000338. The van der Waals surface area contributed by atoms with E-state index in [0.717, 1.165) is 46.0 Å². The van der Waals surface area contributed by atoms with Crippen LogP contribution in [0, 0.1) is 18.8 Å². The van der Waals surface area contributed by atoms with Crippen molar-refractivity contribution in [1.29, 1.82) is 5.41 Å². The SMILES string of the molecule is CC.CC.CCC(C)c1ccc(C(=N)N(CC[C-](F)F)C(=O)NC/C(N)=C2\CCNCC2=Nc2cccc(C)c2)cc1.[Cs+]. The van der Waals surface area contributed by atoms with Gasteiger partial charge in [0.05, 0.1) is 17.9 Å². The molecule has 0 aromatic heterocycles. The second-order valence-corrected chi connectivity index (χ2v) is 9.51. The fourth-order valence-electron chi connectivity index (χ4n) is 4.22. The fourth-order valence-corrected chi connectivity index (χ4v) is 4.22. The number of nitrogens with one attached hydrogen (secondary N) is 3. The van der Waals surface area contributed by atoms with Gasteiger partial charge in [-0.3, -0.25) is 15.3 Å². The van der Waals surface area contributed by atoms with Gasteiger partial charge in [-0.05, 0) is 61.1 Å². The summed E-state index contributed by atoms with van der Waals surface area (Å²) in [6, 6.07) is 14.5. The third-order valence-electron chi connectivity index (χ3n) is 6.68. The Morgan fingerprint density at radius 2 is 1.81 bits per heavy atom.